The third-order valence-electron chi connectivity index (χ3n) is 22.6. The van der Waals surface area contributed by atoms with Gasteiger partial charge in [-0.2, -0.15) is 0 Å². The van der Waals surface area contributed by atoms with Gasteiger partial charge in [0.05, 0.1) is 40.5 Å². The first-order valence-corrected chi connectivity index (χ1v) is 45.6. The molecule has 0 aromatic heterocycles. The van der Waals surface area contributed by atoms with Crippen LogP contribution in [0.15, 0.2) is 237 Å². The SMILES string of the molecule is [2H]C([2H])([2H])c1cccc(C([2H])([2H])[2H])c1OCC(=O)N[C@H]([C@@H](O)C[C@@H](NC(=O)[C@H](C(C)C)N1C(=O)NC([2H])([2H])C([2H])([2H])C1([2H])[2H])C([2H])([2H])c1ccccc1)C([2H])([2H])c1ccccc1.[2H]C1([2H])NC(=O)N([C@H](C(=O)N[C@@H](Cc2ccccc2)C[C@H](O)[C@H](Cc2ccccc2)NC(=O)COc2c(C)cccc2C)C(C)C)C([2H])([2H])C1([2H])[2H].[2H]c1c([2H])c(C([2H])([2H])[2H])c(OCC(=O)N[C@@H](Cc2ccccc2)[C@@H](O)C[C@H](Cc2ccccc2)NC(=O)[C@H](C(C)C)N2CCCNC2=O)c(C([2H])([2H])[2H])c1[2H]. The van der Waals surface area contributed by atoms with E-state index in [1.54, 1.807) is 61.6 Å². The van der Waals surface area contributed by atoms with Crippen LogP contribution in [0.25, 0.3) is 0 Å². The summed E-state index contributed by atoms with van der Waals surface area (Å²) in [6, 6.07) is 42.8. The number of urea groups is 3. The number of rotatable bonds is 45. The van der Waals surface area contributed by atoms with Crippen LogP contribution in [-0.2, 0) is 67.2 Å². The summed E-state index contributed by atoms with van der Waals surface area (Å²) in [5.41, 5.74) is 1.99. The maximum absolute atomic E-state index is 14.3. The van der Waals surface area contributed by atoms with Gasteiger partial charge in [-0.3, -0.25) is 28.8 Å². The van der Waals surface area contributed by atoms with Crippen molar-refractivity contribution in [1.82, 2.24) is 62.6 Å². The van der Waals surface area contributed by atoms with E-state index in [9.17, 15) is 61.2 Å². The quantitative estimate of drug-likeness (QED) is 0.0169. The summed E-state index contributed by atoms with van der Waals surface area (Å²) < 4.78 is 272. The highest BCUT2D eigenvalue weighted by molar-refractivity contribution is 5.90. The number of aliphatic hydroxyl groups excluding tert-OH is 3. The zero-order valence-electron chi connectivity index (χ0n) is 109. The first kappa shape index (κ1) is 70.5. The Bertz CT molecular complexity index is 6740. The van der Waals surface area contributed by atoms with Gasteiger partial charge < -0.3 is 92.1 Å². The molecule has 738 valence electrons. The van der Waals surface area contributed by atoms with Gasteiger partial charge in [-0.25, -0.2) is 14.4 Å². The van der Waals surface area contributed by atoms with Gasteiger partial charge in [0.1, 0.15) is 35.4 Å². The number of hydrogen-bond acceptors (Lipinski definition) is 15. The Labute approximate surface area is 858 Å². The minimum Gasteiger partial charge on any atom is -0.483 e. The molecule has 138 heavy (non-hydrogen) atoms. The molecule has 3 saturated heterocycles. The Morgan fingerprint density at radius 2 is 0.696 bits per heavy atom. The standard InChI is InChI=1S/3C37H48N4O5/c3*1-25(2)34(41-20-12-19-38-37(41)45)36(44)39-30(21-28-15-7-5-8-16-28)23-32(42)31(22-29-17-9-6-10-18-29)40-33(43)24-46-35-26(3)13-11-14-27(35)4/h3*5-11,13-18,25,30-32,34,42H,12,19-24H2,1-4H3,(H,38,45)(H,39,44)(H,40,43)/t3*30-,31-,32-,34-/m000/s1/i3D3,4D3,12D2,19D2,20D2,21D2,22D2;3D3,4D3,11D,13D,14D;12D2,19D2,20D2. The number of aliphatic hydroxyl groups is 3. The number of carbonyl (C=O) groups excluding carboxylic acids is 9. The fourth-order valence-corrected chi connectivity index (χ4v) is 15.9. The lowest BCUT2D eigenvalue weighted by molar-refractivity contribution is -0.129. The third kappa shape index (κ3) is 33.7. The Kier molecular flexibility index (Phi) is 28.0. The molecule has 3 heterocycles. The number of aryl methyl sites for hydroxylation is 4. The van der Waals surface area contributed by atoms with Crippen LogP contribution in [0.5, 0.6) is 17.2 Å². The van der Waals surface area contributed by atoms with Crippen LogP contribution < -0.4 is 62.1 Å². The normalized spacial score (nSPS) is 21.9. The molecule has 3 aliphatic rings. The van der Waals surface area contributed by atoms with E-state index >= 15 is 0 Å². The molecule has 0 spiro atoms. The van der Waals surface area contributed by atoms with E-state index in [-0.39, 0.29) is 66.7 Å². The zero-order chi connectivity index (χ0) is 126. The molecule has 9 aromatic rings. The molecule has 12 atom stereocenters. The van der Waals surface area contributed by atoms with E-state index in [1.165, 1.54) is 73.3 Å². The van der Waals surface area contributed by atoms with Gasteiger partial charge >= 0.3 is 18.1 Å². The van der Waals surface area contributed by atoms with Crippen molar-refractivity contribution in [3.8, 4) is 17.2 Å². The highest BCUT2D eigenvalue weighted by Gasteiger charge is 2.40. The van der Waals surface area contributed by atoms with Crippen molar-refractivity contribution in [1.29, 1.82) is 0 Å². The van der Waals surface area contributed by atoms with Crippen molar-refractivity contribution in [3.05, 3.63) is 303 Å². The van der Waals surface area contributed by atoms with Crippen LogP contribution in [-0.4, -0.2) is 215 Å². The van der Waals surface area contributed by atoms with Crippen molar-refractivity contribution < 1.29 is 115 Å². The molecule has 0 unspecified atom stereocenters. The predicted molar refractivity (Wildman–Crippen MR) is 539 cm³/mol. The number of nitrogens with zero attached hydrogens (tertiary/aromatic N) is 3. The molecule has 27 heteroatoms. The predicted octanol–water partition coefficient (Wildman–Crippen LogP) is 13.0. The smallest absolute Gasteiger partial charge is 0.318 e. The summed E-state index contributed by atoms with van der Waals surface area (Å²) in [4.78, 5) is 124. The van der Waals surface area contributed by atoms with Gasteiger partial charge in [0, 0.05) is 95.6 Å². The summed E-state index contributed by atoms with van der Waals surface area (Å²) in [6.07, 6.45) is -16.1. The summed E-state index contributed by atoms with van der Waals surface area (Å²) in [5.74, 6) is -7.87. The topological polar surface area (TPSA) is 360 Å². The van der Waals surface area contributed by atoms with Crippen molar-refractivity contribution in [2.24, 2.45) is 17.8 Å². The molecule has 9 aromatic carbocycles. The minimum absolute atomic E-state index is 0.0436. The highest BCUT2D eigenvalue weighted by atomic mass is 16.5. The van der Waals surface area contributed by atoms with Crippen molar-refractivity contribution in [2.75, 3.05) is 58.9 Å². The van der Waals surface area contributed by atoms with Crippen molar-refractivity contribution in [2.45, 2.75) is 232 Å². The molecule has 12 amide bonds. The van der Waals surface area contributed by atoms with Crippen LogP contribution in [0, 0.1) is 59.0 Å². The summed E-state index contributed by atoms with van der Waals surface area (Å²) in [7, 11) is 0. The average molecular weight is 1920 g/mol. The molecule has 0 aliphatic carbocycles. The van der Waals surface area contributed by atoms with E-state index in [4.69, 9.17) is 54.0 Å². The third-order valence-corrected chi connectivity index (χ3v) is 22.6. The number of amides is 12. The molecule has 3 fully saturated rings. The molecule has 0 saturated carbocycles. The van der Waals surface area contributed by atoms with Gasteiger partial charge in [-0.15, -0.1) is 0 Å². The monoisotopic (exact) mass is 1920 g/mol. The fraction of sp³-hybridized carbons (Fsp3) is 0.432. The molecule has 12 rings (SSSR count). The van der Waals surface area contributed by atoms with Gasteiger partial charge in [-0.1, -0.05) is 278 Å². The Morgan fingerprint density at radius 1 is 0.384 bits per heavy atom. The average Bonchev–Trinajstić information content (AvgIpc) is 0.714. The second-order valence-corrected chi connectivity index (χ2v) is 34.4. The van der Waals surface area contributed by atoms with E-state index in [0.29, 0.717) is 36.6 Å². The van der Waals surface area contributed by atoms with Crippen LogP contribution in [0.1, 0.15) is 189 Å². The number of nitrogens with one attached hydrogen (secondary N) is 9. The number of para-hydroxylation sites is 3. The molecule has 0 radical (unpaired) electrons. The van der Waals surface area contributed by atoms with Gasteiger partial charge in [-0.05, 0) is 203 Å². The van der Waals surface area contributed by atoms with Crippen LogP contribution in [0.4, 0.5) is 14.4 Å². The number of benzene rings is 9. The maximum Gasteiger partial charge on any atom is 0.318 e. The van der Waals surface area contributed by atoms with Gasteiger partial charge in [0.25, 0.3) is 17.7 Å². The van der Waals surface area contributed by atoms with Crippen LogP contribution in [0.3, 0.4) is 0 Å². The molecule has 27 nitrogen and oxygen atoms in total. The van der Waals surface area contributed by atoms with Crippen LogP contribution in [0.2, 0.25) is 0 Å². The number of ether oxygens (including phenoxy) is 3. The van der Waals surface area contributed by atoms with E-state index in [0.717, 1.165) is 45.5 Å². The number of carbonyl (C=O) groups is 9. The summed E-state index contributed by atoms with van der Waals surface area (Å²) >= 11 is 0. The minimum atomic E-state index is -3.46. The highest BCUT2D eigenvalue weighted by Crippen LogP contribution is 2.29. The fourth-order valence-electron chi connectivity index (χ4n) is 15.9. The second-order valence-electron chi connectivity index (χ2n) is 34.4. The lowest BCUT2D eigenvalue weighted by atomic mass is 9.92. The Balaban J connectivity index is 0.000000257. The van der Waals surface area contributed by atoms with E-state index < -0.39 is 282 Å². The summed E-state index contributed by atoms with van der Waals surface area (Å²) in [5, 5.41) is 58.3. The second kappa shape index (κ2) is 54.7. The zero-order valence-corrected chi connectivity index (χ0v) is 78.2. The molecular weight excluding hydrogens is 1740 g/mol. The van der Waals surface area contributed by atoms with Crippen molar-refractivity contribution >= 4 is 53.5 Å². The first-order valence-electron chi connectivity index (χ1n) is 61.1. The molecule has 12 N–H and O–H groups in total. The maximum atomic E-state index is 14.3. The summed E-state index contributed by atoms with van der Waals surface area (Å²) in [6.45, 7) is -13.0. The lowest BCUT2D eigenvalue weighted by Crippen LogP contribution is -2.59. The number of hydrogen-bond donors (Lipinski definition) is 12. The molecule has 0 bridgehead atoms. The Morgan fingerprint density at radius 3 is 1.07 bits per heavy atom. The first-order chi connectivity index (χ1) is 78.4. The van der Waals surface area contributed by atoms with Crippen LogP contribution >= 0.6 is 0 Å². The van der Waals surface area contributed by atoms with Gasteiger partial charge in [0.15, 0.2) is 19.8 Å². The van der Waals surface area contributed by atoms with Crippen molar-refractivity contribution in [3.63, 3.8) is 0 Å². The molecule has 3 aliphatic heterocycles. The van der Waals surface area contributed by atoms with E-state index in [1.807, 2.05) is 142 Å². The van der Waals surface area contributed by atoms with Gasteiger partial charge in [0.2, 0.25) is 17.7 Å². The van der Waals surface area contributed by atoms with E-state index in [2.05, 4.69) is 37.2 Å². The largest absolute Gasteiger partial charge is 0.483 e. The molecular formula is C111H144N12O15. The Hall–Kier alpha value is -13.1. The lowest BCUT2D eigenvalue weighted by Gasteiger charge is -2.37.